The number of ether oxygens (including phenoxy) is 1. The molecule has 8 heteroatoms. The molecule has 0 amide bonds. The molecule has 1 aliphatic rings. The number of nitrogens with one attached hydrogen (secondary N) is 3. The highest BCUT2D eigenvalue weighted by atomic mass is 32.2. The largest absolute Gasteiger partial charge is 0.496 e. The van der Waals surface area contributed by atoms with Crippen LogP contribution in [0.4, 0.5) is 0 Å². The van der Waals surface area contributed by atoms with Crippen molar-refractivity contribution in [3.8, 4) is 11.4 Å². The average molecular weight is 429 g/mol. The molecule has 3 rings (SSSR count). The van der Waals surface area contributed by atoms with Gasteiger partial charge in [0.05, 0.1) is 12.8 Å². The lowest BCUT2D eigenvalue weighted by molar-refractivity contribution is 0.114. The van der Waals surface area contributed by atoms with Gasteiger partial charge in [0.1, 0.15) is 10.8 Å². The molecule has 2 heterocycles. The molecule has 1 fully saturated rings. The van der Waals surface area contributed by atoms with Gasteiger partial charge in [-0.1, -0.05) is 0 Å². The van der Waals surface area contributed by atoms with Crippen LogP contribution in [0.5, 0.6) is 5.75 Å². The number of rotatable bonds is 4. The number of aromatic nitrogens is 2. The predicted molar refractivity (Wildman–Crippen MR) is 124 cm³/mol. The Kier molecular flexibility index (Phi) is 6.29. The second kappa shape index (κ2) is 8.43. The highest BCUT2D eigenvalue weighted by Gasteiger charge is 2.39. The third-order valence-electron chi connectivity index (χ3n) is 5.43. The van der Waals surface area contributed by atoms with Crippen LogP contribution in [0, 0.1) is 10.8 Å². The summed E-state index contributed by atoms with van der Waals surface area (Å²) in [6.07, 6.45) is 5.48. The lowest BCUT2D eigenvalue weighted by atomic mass is 9.79. The van der Waals surface area contributed by atoms with E-state index in [1.807, 2.05) is 42.4 Å². The zero-order chi connectivity index (χ0) is 22.1. The van der Waals surface area contributed by atoms with Gasteiger partial charge in [0.25, 0.3) is 0 Å². The molecule has 1 aromatic carbocycles. The minimum Gasteiger partial charge on any atom is -0.496 e. The fourth-order valence-electron chi connectivity index (χ4n) is 4.36. The van der Waals surface area contributed by atoms with E-state index in [4.69, 9.17) is 15.6 Å². The second-order valence-corrected chi connectivity index (χ2v) is 10.1. The first-order chi connectivity index (χ1) is 14.0. The highest BCUT2D eigenvalue weighted by Crippen LogP contribution is 2.33. The summed E-state index contributed by atoms with van der Waals surface area (Å²) in [6.45, 7) is 8.83. The molecule has 162 valence electrons. The predicted octanol–water partition coefficient (Wildman–Crippen LogP) is 4.12. The number of piperidine rings is 1. The molecule has 7 nitrogen and oxygen atoms in total. The Morgan fingerprint density at radius 3 is 2.47 bits per heavy atom. The lowest BCUT2D eigenvalue weighted by Gasteiger charge is -2.49. The van der Waals surface area contributed by atoms with Crippen LogP contribution in [0.3, 0.4) is 0 Å². The van der Waals surface area contributed by atoms with Crippen molar-refractivity contribution >= 4 is 22.0 Å². The Balaban J connectivity index is 1.73. The second-order valence-electron chi connectivity index (χ2n) is 9.14. The molecule has 1 aromatic heterocycles. The maximum atomic E-state index is 8.63. The first kappa shape index (κ1) is 22.4. The summed E-state index contributed by atoms with van der Waals surface area (Å²) in [5.41, 5.74) is 1.54. The fraction of sp³-hybridized carbons (Fsp3) is 0.500. The van der Waals surface area contributed by atoms with E-state index >= 15 is 0 Å². The Morgan fingerprint density at radius 1 is 1.23 bits per heavy atom. The molecule has 0 aliphatic carbocycles. The van der Waals surface area contributed by atoms with Crippen LogP contribution in [0.1, 0.15) is 46.1 Å². The lowest BCUT2D eigenvalue weighted by Crippen LogP contribution is -2.62. The molecule has 0 radical (unpaired) electrons. The fourth-order valence-corrected chi connectivity index (χ4v) is 5.13. The van der Waals surface area contributed by atoms with Crippen molar-refractivity contribution in [3.63, 3.8) is 0 Å². The summed E-state index contributed by atoms with van der Waals surface area (Å²) in [6, 6.07) is 7.73. The van der Waals surface area contributed by atoms with Crippen LogP contribution >= 0.6 is 11.8 Å². The molecule has 1 saturated heterocycles. The van der Waals surface area contributed by atoms with E-state index in [0.717, 1.165) is 30.3 Å². The number of nitrogens with zero attached hydrogens (tertiary/aromatic N) is 3. The first-order valence-electron chi connectivity index (χ1n) is 10.1. The topological polar surface area (TPSA) is 90.0 Å². The Labute approximate surface area is 183 Å². The Bertz CT molecular complexity index is 906. The van der Waals surface area contributed by atoms with Gasteiger partial charge in [-0.05, 0) is 70.5 Å². The molecule has 0 spiro atoms. The molecule has 0 unspecified atom stereocenters. The van der Waals surface area contributed by atoms with Crippen molar-refractivity contribution in [1.82, 2.24) is 20.0 Å². The zero-order valence-electron chi connectivity index (χ0n) is 18.6. The standard InChI is InChI=1S/C22H32N6OS/c1-21(2)13-16(14-22(3,4)26-21)27(5)20(24)30-19(23)17-9-8-15(12-18(17)29-6)28-11-7-10-25-28/h7-12,16,23-24,26H,13-14H2,1-6H3. The maximum absolute atomic E-state index is 8.63. The molecular formula is C22H32N6OS. The molecule has 0 bridgehead atoms. The SMILES string of the molecule is COc1cc(-n2cccn2)ccc1C(=N)SC(=N)N(C)C1CC(C)(C)NC(C)(C)C1. The maximum Gasteiger partial charge on any atom is 0.162 e. The van der Waals surface area contributed by atoms with E-state index in [1.54, 1.807) is 18.0 Å². The first-order valence-corrected chi connectivity index (χ1v) is 10.9. The van der Waals surface area contributed by atoms with Gasteiger partial charge in [0.2, 0.25) is 0 Å². The zero-order valence-corrected chi connectivity index (χ0v) is 19.4. The molecule has 2 aromatic rings. The van der Waals surface area contributed by atoms with Gasteiger partial charge < -0.3 is 15.0 Å². The van der Waals surface area contributed by atoms with Crippen LogP contribution in [0.2, 0.25) is 0 Å². The average Bonchev–Trinajstić information content (AvgIpc) is 3.19. The van der Waals surface area contributed by atoms with Crippen molar-refractivity contribution in [2.75, 3.05) is 14.2 Å². The van der Waals surface area contributed by atoms with Gasteiger partial charge in [-0.3, -0.25) is 10.8 Å². The summed E-state index contributed by atoms with van der Waals surface area (Å²) in [5, 5.41) is 25.8. The minimum atomic E-state index is 0.00465. The number of benzene rings is 1. The van der Waals surface area contributed by atoms with E-state index in [-0.39, 0.29) is 17.1 Å². The summed E-state index contributed by atoms with van der Waals surface area (Å²) in [7, 11) is 3.56. The van der Waals surface area contributed by atoms with Crippen LogP contribution < -0.4 is 10.1 Å². The van der Waals surface area contributed by atoms with E-state index in [1.165, 1.54) is 0 Å². The van der Waals surface area contributed by atoms with E-state index in [2.05, 4.69) is 38.1 Å². The van der Waals surface area contributed by atoms with E-state index in [9.17, 15) is 0 Å². The number of hydrogen-bond donors (Lipinski definition) is 3. The Morgan fingerprint density at radius 2 is 1.90 bits per heavy atom. The van der Waals surface area contributed by atoms with Gasteiger partial charge in [-0.25, -0.2) is 4.68 Å². The number of amidine groups is 1. The third-order valence-corrected chi connectivity index (χ3v) is 6.34. The van der Waals surface area contributed by atoms with Crippen molar-refractivity contribution in [1.29, 1.82) is 10.8 Å². The summed E-state index contributed by atoms with van der Waals surface area (Å²) >= 11 is 1.16. The van der Waals surface area contributed by atoms with Crippen molar-refractivity contribution in [2.24, 2.45) is 0 Å². The molecule has 0 atom stereocenters. The highest BCUT2D eigenvalue weighted by molar-refractivity contribution is 8.26. The summed E-state index contributed by atoms with van der Waals surface area (Å²) in [4.78, 5) is 2.01. The number of methoxy groups -OCH3 is 1. The normalized spacial score (nSPS) is 18.1. The van der Waals surface area contributed by atoms with Crippen molar-refractivity contribution < 1.29 is 4.74 Å². The molecule has 3 N–H and O–H groups in total. The Hall–Kier alpha value is -2.32. The molecule has 0 saturated carbocycles. The van der Waals surface area contributed by atoms with E-state index in [0.29, 0.717) is 21.5 Å². The van der Waals surface area contributed by atoms with E-state index < -0.39 is 0 Å². The van der Waals surface area contributed by atoms with Crippen LogP contribution in [-0.4, -0.2) is 56.2 Å². The number of hydrogen-bond acceptors (Lipinski definition) is 6. The molecular weight excluding hydrogens is 396 g/mol. The monoisotopic (exact) mass is 428 g/mol. The summed E-state index contributed by atoms with van der Waals surface area (Å²) < 4.78 is 7.28. The van der Waals surface area contributed by atoms with Gasteiger partial charge in [0.15, 0.2) is 5.17 Å². The van der Waals surface area contributed by atoms with Gasteiger partial charge in [0, 0.05) is 48.2 Å². The smallest absolute Gasteiger partial charge is 0.162 e. The minimum absolute atomic E-state index is 0.00465. The van der Waals surface area contributed by atoms with Crippen LogP contribution in [0.25, 0.3) is 5.69 Å². The van der Waals surface area contributed by atoms with Gasteiger partial charge in [-0.15, -0.1) is 0 Å². The third kappa shape index (κ3) is 5.05. The van der Waals surface area contributed by atoms with Gasteiger partial charge in [-0.2, -0.15) is 5.10 Å². The van der Waals surface area contributed by atoms with Gasteiger partial charge >= 0.3 is 0 Å². The van der Waals surface area contributed by atoms with Crippen molar-refractivity contribution in [3.05, 3.63) is 42.2 Å². The van der Waals surface area contributed by atoms with Crippen molar-refractivity contribution in [2.45, 2.75) is 57.7 Å². The number of thioether (sulfide) groups is 1. The van der Waals surface area contributed by atoms with Crippen LogP contribution in [0.15, 0.2) is 36.7 Å². The molecule has 30 heavy (non-hydrogen) atoms. The summed E-state index contributed by atoms with van der Waals surface area (Å²) in [5.74, 6) is 0.597. The van der Waals surface area contributed by atoms with Crippen LogP contribution in [-0.2, 0) is 0 Å². The molecule has 1 aliphatic heterocycles. The quantitative estimate of drug-likeness (QED) is 0.504.